The number of benzene rings is 4. The minimum absolute atomic E-state index is 0.0448. The molecule has 3 heterocycles. The Bertz CT molecular complexity index is 2120. The Kier molecular flexibility index (Phi) is 5.72. The summed E-state index contributed by atoms with van der Waals surface area (Å²) in [4.78, 5) is 0. The van der Waals surface area contributed by atoms with Crippen LogP contribution in [0.1, 0.15) is 58.2 Å². The highest BCUT2D eigenvalue weighted by atomic mass is 15.1. The highest BCUT2D eigenvalue weighted by Crippen LogP contribution is 2.40. The number of fused-ring (bicyclic) bond motifs is 6. The smallest absolute Gasteiger partial charge is 0.286 e. The maximum absolute atomic E-state index is 2.50. The van der Waals surface area contributed by atoms with Crippen LogP contribution in [0, 0.1) is 6.92 Å². The minimum atomic E-state index is 0.0448. The van der Waals surface area contributed by atoms with Crippen molar-refractivity contribution in [3.63, 3.8) is 0 Å². The summed E-state index contributed by atoms with van der Waals surface area (Å²) in [5, 5.41) is 5.13. The fourth-order valence-corrected chi connectivity index (χ4v) is 6.90. The predicted octanol–water partition coefficient (Wildman–Crippen LogP) is 9.61. The van der Waals surface area contributed by atoms with E-state index in [2.05, 4.69) is 166 Å². The molecule has 0 N–H and O–H groups in total. The highest BCUT2D eigenvalue weighted by Gasteiger charge is 2.28. The van der Waals surface area contributed by atoms with Gasteiger partial charge in [0.2, 0.25) is 0 Å². The van der Waals surface area contributed by atoms with Crippen LogP contribution in [0.5, 0.6) is 0 Å². The van der Waals surface area contributed by atoms with Gasteiger partial charge in [-0.25, -0.2) is 4.57 Å². The van der Waals surface area contributed by atoms with Crippen molar-refractivity contribution in [3.05, 3.63) is 114 Å². The number of para-hydroxylation sites is 2. The van der Waals surface area contributed by atoms with E-state index in [1.807, 2.05) is 0 Å². The first kappa shape index (κ1) is 26.5. The van der Waals surface area contributed by atoms with Gasteiger partial charge in [-0.3, -0.25) is 0 Å². The van der Waals surface area contributed by atoms with Crippen LogP contribution in [-0.2, 0) is 17.9 Å². The Morgan fingerprint density at radius 2 is 1.19 bits per heavy atom. The van der Waals surface area contributed by atoms with Gasteiger partial charge in [-0.1, -0.05) is 84.0 Å². The zero-order valence-electron chi connectivity index (χ0n) is 26.1. The number of rotatable bonds is 2. The third-order valence-electron chi connectivity index (χ3n) is 9.03. The van der Waals surface area contributed by atoms with Crippen LogP contribution in [0.2, 0.25) is 0 Å². The van der Waals surface area contributed by atoms with Gasteiger partial charge in [-0.2, -0.15) is 4.57 Å². The first-order valence-electron chi connectivity index (χ1n) is 15.0. The topological polar surface area (TPSA) is 13.7 Å². The van der Waals surface area contributed by atoms with Crippen molar-refractivity contribution in [3.8, 4) is 11.5 Å². The summed E-state index contributed by atoms with van der Waals surface area (Å²) >= 11 is 0. The minimum Gasteiger partial charge on any atom is -0.309 e. The Balaban J connectivity index is 1.61. The van der Waals surface area contributed by atoms with E-state index < -0.39 is 0 Å². The molecule has 0 fully saturated rings. The molecule has 0 aliphatic rings. The maximum atomic E-state index is 2.50. The molecule has 0 aliphatic carbocycles. The second-order valence-corrected chi connectivity index (χ2v) is 13.9. The molecule has 0 spiro atoms. The van der Waals surface area contributed by atoms with Gasteiger partial charge in [-0.15, -0.1) is 0 Å². The van der Waals surface area contributed by atoms with E-state index in [-0.39, 0.29) is 10.8 Å². The quantitative estimate of drug-likeness (QED) is 0.190. The first-order valence-corrected chi connectivity index (χ1v) is 15.0. The number of nitrogens with zero attached hydrogens (tertiary/aromatic N) is 3. The lowest BCUT2D eigenvalue weighted by molar-refractivity contribution is -0.665. The third-order valence-corrected chi connectivity index (χ3v) is 9.03. The largest absolute Gasteiger partial charge is 0.309 e. The van der Waals surface area contributed by atoms with Crippen molar-refractivity contribution < 1.29 is 4.57 Å². The normalized spacial score (nSPS) is 12.8. The number of aryl methyl sites for hydroxylation is 2. The monoisotopic (exact) mass is 550 g/mol. The lowest BCUT2D eigenvalue weighted by Crippen LogP contribution is -2.34. The van der Waals surface area contributed by atoms with Crippen molar-refractivity contribution in [2.75, 3.05) is 0 Å². The lowest BCUT2D eigenvalue weighted by Gasteiger charge is -2.22. The van der Waals surface area contributed by atoms with E-state index in [1.165, 1.54) is 71.8 Å². The van der Waals surface area contributed by atoms with Gasteiger partial charge in [0.1, 0.15) is 11.0 Å². The molecule has 3 nitrogen and oxygen atoms in total. The first-order chi connectivity index (χ1) is 19.9. The van der Waals surface area contributed by atoms with Gasteiger partial charge in [0, 0.05) is 38.9 Å². The summed E-state index contributed by atoms with van der Waals surface area (Å²) in [6.45, 7) is 16.1. The van der Waals surface area contributed by atoms with Gasteiger partial charge < -0.3 is 4.57 Å². The van der Waals surface area contributed by atoms with E-state index in [9.17, 15) is 0 Å². The summed E-state index contributed by atoms with van der Waals surface area (Å²) in [6, 6.07) is 33.9. The summed E-state index contributed by atoms with van der Waals surface area (Å²) in [5.41, 5.74) is 10.3. The van der Waals surface area contributed by atoms with Crippen molar-refractivity contribution in [1.29, 1.82) is 0 Å². The zero-order chi connectivity index (χ0) is 29.6. The number of hydrogen-bond acceptors (Lipinski definition) is 0. The fourth-order valence-electron chi connectivity index (χ4n) is 6.90. The Morgan fingerprint density at radius 3 is 1.81 bits per heavy atom. The molecular weight excluding hydrogens is 510 g/mol. The van der Waals surface area contributed by atoms with Gasteiger partial charge in [0.05, 0.1) is 24.3 Å². The molecule has 4 aromatic carbocycles. The molecule has 0 saturated carbocycles. The van der Waals surface area contributed by atoms with Crippen LogP contribution in [0.3, 0.4) is 0 Å². The van der Waals surface area contributed by atoms with E-state index in [1.54, 1.807) is 0 Å². The molecule has 0 atom stereocenters. The van der Waals surface area contributed by atoms with Crippen molar-refractivity contribution >= 4 is 43.6 Å². The predicted molar refractivity (Wildman–Crippen MR) is 178 cm³/mol. The Labute approximate surface area is 248 Å². The summed E-state index contributed by atoms with van der Waals surface area (Å²) in [5.74, 6) is 1.18. The van der Waals surface area contributed by atoms with E-state index in [0.717, 1.165) is 0 Å². The number of pyridine rings is 1. The second-order valence-electron chi connectivity index (χ2n) is 13.9. The van der Waals surface area contributed by atoms with Crippen LogP contribution in [0.4, 0.5) is 0 Å². The molecule has 3 heteroatoms. The molecule has 210 valence electrons. The molecule has 42 heavy (non-hydrogen) atoms. The Hall–Kier alpha value is -4.37. The molecule has 0 radical (unpaired) electrons. The standard InChI is InChI=1S/C39H40N3/c1-25-32(39(5,6)7)19-18-30-31-24-27(41-33-15-11-9-13-28(33)29-14-10-12-16-34(29)41)17-20-35(31)42(37(25)30)36-23-26(38(2,3)4)21-22-40(36)8/h9-24H,1-8H3/q+1. The molecule has 7 rings (SSSR count). The van der Waals surface area contributed by atoms with Gasteiger partial charge in [0.15, 0.2) is 0 Å². The average Bonchev–Trinajstić information content (AvgIpc) is 3.45. The van der Waals surface area contributed by atoms with E-state index in [4.69, 9.17) is 0 Å². The lowest BCUT2D eigenvalue weighted by atomic mass is 9.83. The molecule has 7 aromatic rings. The van der Waals surface area contributed by atoms with Crippen LogP contribution >= 0.6 is 0 Å². The van der Waals surface area contributed by atoms with E-state index >= 15 is 0 Å². The molecule has 3 aromatic heterocycles. The van der Waals surface area contributed by atoms with Crippen LogP contribution in [0.15, 0.2) is 97.2 Å². The molecule has 0 aliphatic heterocycles. The van der Waals surface area contributed by atoms with Crippen molar-refractivity contribution in [2.45, 2.75) is 59.3 Å². The fraction of sp³-hybridized carbons (Fsp3) is 0.256. The number of aromatic nitrogens is 3. The van der Waals surface area contributed by atoms with Crippen molar-refractivity contribution in [2.24, 2.45) is 7.05 Å². The van der Waals surface area contributed by atoms with Gasteiger partial charge >= 0.3 is 0 Å². The molecule has 0 bridgehead atoms. The average molecular weight is 551 g/mol. The summed E-state index contributed by atoms with van der Waals surface area (Å²) in [6.07, 6.45) is 2.21. The van der Waals surface area contributed by atoms with E-state index in [0.29, 0.717) is 0 Å². The van der Waals surface area contributed by atoms with Crippen LogP contribution in [-0.4, -0.2) is 9.13 Å². The van der Waals surface area contributed by atoms with Crippen LogP contribution in [0.25, 0.3) is 55.1 Å². The molecule has 0 unspecified atom stereocenters. The van der Waals surface area contributed by atoms with Crippen molar-refractivity contribution in [1.82, 2.24) is 9.13 Å². The SMILES string of the molecule is Cc1c(C(C)(C)C)ccc2c3cc(-n4c5ccccc5c5ccccc54)ccc3n(-c3cc(C(C)(C)C)cc[n+]3C)c12. The second kappa shape index (κ2) is 9.06. The molecule has 0 saturated heterocycles. The van der Waals surface area contributed by atoms with Gasteiger partial charge in [-0.05, 0) is 71.3 Å². The maximum Gasteiger partial charge on any atom is 0.286 e. The third kappa shape index (κ3) is 3.90. The van der Waals surface area contributed by atoms with Gasteiger partial charge in [0.25, 0.3) is 5.82 Å². The van der Waals surface area contributed by atoms with Crippen LogP contribution < -0.4 is 4.57 Å². The Morgan fingerprint density at radius 1 is 0.571 bits per heavy atom. The summed E-state index contributed by atoms with van der Waals surface area (Å²) in [7, 11) is 2.16. The number of hydrogen-bond donors (Lipinski definition) is 0. The summed E-state index contributed by atoms with van der Waals surface area (Å²) < 4.78 is 7.18. The highest BCUT2D eigenvalue weighted by molar-refractivity contribution is 6.12. The molecular formula is C39H40N3+. The molecule has 0 amide bonds. The zero-order valence-corrected chi connectivity index (χ0v) is 26.1.